The van der Waals surface area contributed by atoms with Crippen LogP contribution in [-0.4, -0.2) is 10.9 Å². The van der Waals surface area contributed by atoms with Crippen LogP contribution >= 0.6 is 23.4 Å². The minimum Gasteiger partial charge on any atom is -0.326 e. The number of nitrogens with one attached hydrogen (secondary N) is 1. The van der Waals surface area contributed by atoms with Crippen LogP contribution in [0.15, 0.2) is 52.5 Å². The van der Waals surface area contributed by atoms with E-state index >= 15 is 0 Å². The normalized spacial score (nSPS) is 10.1. The van der Waals surface area contributed by atoms with E-state index in [1.807, 2.05) is 36.4 Å². The second kappa shape index (κ2) is 5.89. The summed E-state index contributed by atoms with van der Waals surface area (Å²) in [4.78, 5) is 16.1. The Bertz CT molecular complexity index is 540. The average Bonchev–Trinajstić information content (AvgIpc) is 2.34. The number of hydrogen-bond donors (Lipinski definition) is 1. The molecule has 0 atom stereocenters. The van der Waals surface area contributed by atoms with Crippen molar-refractivity contribution in [1.29, 1.82) is 0 Å². The topological polar surface area (TPSA) is 42.0 Å². The number of nitrogens with zero attached hydrogens (tertiary/aromatic N) is 1. The summed E-state index contributed by atoms with van der Waals surface area (Å²) in [5, 5.41) is 4.23. The van der Waals surface area contributed by atoms with Crippen LogP contribution < -0.4 is 5.32 Å². The van der Waals surface area contributed by atoms with Gasteiger partial charge in [-0.15, -0.1) is 0 Å². The fourth-order valence-electron chi connectivity index (χ4n) is 1.35. The van der Waals surface area contributed by atoms with Crippen LogP contribution in [0.25, 0.3) is 0 Å². The molecular formula is C13H11ClN2OS. The standard InChI is InChI=1S/C13H11ClN2OS/c1-9(17)16-11-3-5-12(6-4-11)18-13-7-2-10(14)8-15-13/h2-8H,1H3,(H,16,17). The molecule has 0 bridgehead atoms. The molecule has 1 amide bonds. The number of anilines is 1. The predicted molar refractivity (Wildman–Crippen MR) is 74.1 cm³/mol. The van der Waals surface area contributed by atoms with E-state index in [-0.39, 0.29) is 5.91 Å². The van der Waals surface area contributed by atoms with E-state index in [0.717, 1.165) is 15.6 Å². The van der Waals surface area contributed by atoms with Gasteiger partial charge in [0, 0.05) is 23.7 Å². The first-order valence-electron chi connectivity index (χ1n) is 5.30. The number of pyridine rings is 1. The Kier molecular flexibility index (Phi) is 4.23. The van der Waals surface area contributed by atoms with Crippen LogP contribution in [0.3, 0.4) is 0 Å². The Morgan fingerprint density at radius 3 is 2.50 bits per heavy atom. The summed E-state index contributed by atoms with van der Waals surface area (Å²) in [7, 11) is 0. The molecule has 92 valence electrons. The maximum atomic E-state index is 10.9. The van der Waals surface area contributed by atoms with E-state index in [2.05, 4.69) is 10.3 Å². The van der Waals surface area contributed by atoms with E-state index in [1.54, 1.807) is 18.0 Å². The minimum atomic E-state index is -0.0743. The number of aromatic nitrogens is 1. The second-order valence-corrected chi connectivity index (χ2v) is 5.15. The maximum Gasteiger partial charge on any atom is 0.221 e. The van der Waals surface area contributed by atoms with Crippen molar-refractivity contribution in [1.82, 2.24) is 4.98 Å². The van der Waals surface area contributed by atoms with Crippen LogP contribution in [0.5, 0.6) is 0 Å². The van der Waals surface area contributed by atoms with Crippen molar-refractivity contribution >= 4 is 35.0 Å². The number of halogens is 1. The van der Waals surface area contributed by atoms with Gasteiger partial charge in [0.1, 0.15) is 5.03 Å². The molecule has 0 aliphatic heterocycles. The van der Waals surface area contributed by atoms with Gasteiger partial charge in [0.2, 0.25) is 5.91 Å². The fourth-order valence-corrected chi connectivity index (χ4v) is 2.22. The summed E-state index contributed by atoms with van der Waals surface area (Å²) in [5.41, 5.74) is 0.788. The number of carbonyl (C=O) groups excluding carboxylic acids is 1. The molecule has 1 heterocycles. The van der Waals surface area contributed by atoms with Crippen molar-refractivity contribution in [3.8, 4) is 0 Å². The van der Waals surface area contributed by atoms with E-state index in [0.29, 0.717) is 5.02 Å². The molecule has 5 heteroatoms. The zero-order chi connectivity index (χ0) is 13.0. The smallest absolute Gasteiger partial charge is 0.221 e. The van der Waals surface area contributed by atoms with Crippen molar-refractivity contribution in [3.63, 3.8) is 0 Å². The van der Waals surface area contributed by atoms with Crippen molar-refractivity contribution < 1.29 is 4.79 Å². The number of carbonyl (C=O) groups is 1. The number of amides is 1. The largest absolute Gasteiger partial charge is 0.326 e. The van der Waals surface area contributed by atoms with Crippen LogP contribution in [0.2, 0.25) is 5.02 Å². The Morgan fingerprint density at radius 2 is 1.94 bits per heavy atom. The summed E-state index contributed by atoms with van der Waals surface area (Å²) in [6, 6.07) is 11.3. The summed E-state index contributed by atoms with van der Waals surface area (Å²) in [6.45, 7) is 1.49. The molecule has 0 saturated heterocycles. The van der Waals surface area contributed by atoms with Gasteiger partial charge in [0.05, 0.1) is 5.02 Å². The van der Waals surface area contributed by atoms with Crippen LogP contribution in [0.1, 0.15) is 6.92 Å². The lowest BCUT2D eigenvalue weighted by atomic mass is 10.3. The molecule has 18 heavy (non-hydrogen) atoms. The predicted octanol–water partition coefficient (Wildman–Crippen LogP) is 3.84. The molecule has 0 saturated carbocycles. The van der Waals surface area contributed by atoms with E-state index in [4.69, 9.17) is 11.6 Å². The highest BCUT2D eigenvalue weighted by Crippen LogP contribution is 2.27. The van der Waals surface area contributed by atoms with Gasteiger partial charge in [-0.2, -0.15) is 0 Å². The lowest BCUT2D eigenvalue weighted by Crippen LogP contribution is -2.05. The minimum absolute atomic E-state index is 0.0743. The zero-order valence-electron chi connectivity index (χ0n) is 9.68. The number of rotatable bonds is 3. The Balaban J connectivity index is 2.06. The third kappa shape index (κ3) is 3.75. The Morgan fingerprint density at radius 1 is 1.22 bits per heavy atom. The molecule has 2 aromatic rings. The second-order valence-electron chi connectivity index (χ2n) is 3.62. The van der Waals surface area contributed by atoms with Gasteiger partial charge >= 0.3 is 0 Å². The molecule has 0 fully saturated rings. The fraction of sp³-hybridized carbons (Fsp3) is 0.0769. The quantitative estimate of drug-likeness (QED) is 0.927. The van der Waals surface area contributed by atoms with E-state index < -0.39 is 0 Å². The molecule has 1 N–H and O–H groups in total. The molecular weight excluding hydrogens is 268 g/mol. The number of hydrogen-bond acceptors (Lipinski definition) is 3. The Labute approximate surface area is 115 Å². The van der Waals surface area contributed by atoms with Gasteiger partial charge in [0.15, 0.2) is 0 Å². The van der Waals surface area contributed by atoms with E-state index in [9.17, 15) is 4.79 Å². The first-order valence-corrected chi connectivity index (χ1v) is 6.50. The summed E-state index contributed by atoms with van der Waals surface area (Å²) in [6.07, 6.45) is 1.62. The van der Waals surface area contributed by atoms with Crippen LogP contribution in [0, 0.1) is 0 Å². The molecule has 0 spiro atoms. The van der Waals surface area contributed by atoms with Crippen molar-refractivity contribution in [2.75, 3.05) is 5.32 Å². The average molecular weight is 279 g/mol. The van der Waals surface area contributed by atoms with Gasteiger partial charge in [-0.1, -0.05) is 23.4 Å². The molecule has 0 radical (unpaired) electrons. The molecule has 1 aromatic heterocycles. The molecule has 0 unspecified atom stereocenters. The first-order chi connectivity index (χ1) is 8.63. The monoisotopic (exact) mass is 278 g/mol. The lowest BCUT2D eigenvalue weighted by Gasteiger charge is -2.04. The van der Waals surface area contributed by atoms with Gasteiger partial charge in [-0.3, -0.25) is 4.79 Å². The third-order valence-electron chi connectivity index (χ3n) is 2.10. The van der Waals surface area contributed by atoms with Gasteiger partial charge in [-0.05, 0) is 36.4 Å². The van der Waals surface area contributed by atoms with Crippen LogP contribution in [-0.2, 0) is 4.79 Å². The molecule has 0 aliphatic carbocycles. The van der Waals surface area contributed by atoms with Gasteiger partial charge in [-0.25, -0.2) is 4.98 Å². The summed E-state index contributed by atoms with van der Waals surface area (Å²) >= 11 is 7.31. The molecule has 3 nitrogen and oxygen atoms in total. The third-order valence-corrected chi connectivity index (χ3v) is 3.28. The molecule has 2 rings (SSSR count). The number of benzene rings is 1. The Hall–Kier alpha value is -1.52. The highest BCUT2D eigenvalue weighted by Gasteiger charge is 2.00. The van der Waals surface area contributed by atoms with Crippen molar-refractivity contribution in [2.45, 2.75) is 16.8 Å². The highest BCUT2D eigenvalue weighted by atomic mass is 35.5. The lowest BCUT2D eigenvalue weighted by molar-refractivity contribution is -0.114. The van der Waals surface area contributed by atoms with E-state index in [1.165, 1.54) is 6.92 Å². The van der Waals surface area contributed by atoms with Crippen molar-refractivity contribution in [2.24, 2.45) is 0 Å². The highest BCUT2D eigenvalue weighted by molar-refractivity contribution is 7.99. The molecule has 0 aliphatic rings. The summed E-state index contributed by atoms with van der Waals surface area (Å²) in [5.74, 6) is -0.0743. The SMILES string of the molecule is CC(=O)Nc1ccc(Sc2ccc(Cl)cn2)cc1. The summed E-state index contributed by atoms with van der Waals surface area (Å²) < 4.78 is 0. The zero-order valence-corrected chi connectivity index (χ0v) is 11.3. The van der Waals surface area contributed by atoms with Crippen molar-refractivity contribution in [3.05, 3.63) is 47.6 Å². The van der Waals surface area contributed by atoms with Gasteiger partial charge < -0.3 is 5.32 Å². The molecule has 1 aromatic carbocycles. The first kappa shape index (κ1) is 12.9. The van der Waals surface area contributed by atoms with Crippen LogP contribution in [0.4, 0.5) is 5.69 Å². The maximum absolute atomic E-state index is 10.9. The van der Waals surface area contributed by atoms with Gasteiger partial charge in [0.25, 0.3) is 0 Å².